The van der Waals surface area contributed by atoms with Gasteiger partial charge in [-0.15, -0.1) is 0 Å². The van der Waals surface area contributed by atoms with Crippen molar-refractivity contribution in [2.75, 3.05) is 18.6 Å². The fraction of sp³-hybridized carbons (Fsp3) is 0.148. The van der Waals surface area contributed by atoms with E-state index in [2.05, 4.69) is 0 Å². The number of Topliss-reactive ketones (excluding diaryl/α,β-unsaturated/α-hetero) is 1. The third-order valence-corrected chi connectivity index (χ3v) is 5.66. The van der Waals surface area contributed by atoms with E-state index in [0.717, 1.165) is 4.90 Å². The number of anilines is 1. The van der Waals surface area contributed by atoms with Gasteiger partial charge in [0.2, 0.25) is 0 Å². The van der Waals surface area contributed by atoms with Crippen LogP contribution in [0.4, 0.5) is 10.1 Å². The van der Waals surface area contributed by atoms with Crippen LogP contribution in [0.15, 0.2) is 78.4 Å². The summed E-state index contributed by atoms with van der Waals surface area (Å²) in [5.41, 5.74) is 0.564. The number of rotatable bonds is 6. The van der Waals surface area contributed by atoms with Gasteiger partial charge < -0.3 is 14.6 Å². The molecule has 1 amide bonds. The van der Waals surface area contributed by atoms with Gasteiger partial charge in [0.15, 0.2) is 0 Å². The Morgan fingerprint density at radius 3 is 2.20 bits per heavy atom. The van der Waals surface area contributed by atoms with Crippen LogP contribution in [0, 0.1) is 5.82 Å². The minimum Gasteiger partial charge on any atom is -0.507 e. The van der Waals surface area contributed by atoms with Gasteiger partial charge in [0.25, 0.3) is 11.7 Å². The Morgan fingerprint density at radius 2 is 1.60 bits per heavy atom. The van der Waals surface area contributed by atoms with Crippen LogP contribution in [0.3, 0.4) is 0 Å². The molecule has 0 radical (unpaired) electrons. The number of carbonyl (C=O) groups is 3. The molecule has 178 valence electrons. The van der Waals surface area contributed by atoms with Crippen molar-refractivity contribution in [3.05, 3.63) is 101 Å². The maximum Gasteiger partial charge on any atom is 0.338 e. The first-order valence-electron chi connectivity index (χ1n) is 10.8. The Bertz CT molecular complexity index is 1310. The standard InChI is InChI=1S/C27H22FNO6/c1-3-35-27(33)17-8-12-18(13-9-17)29-23(20-6-4-5-7-21(20)28)22(25(31)26(29)32)24(30)16-10-14-19(34-2)15-11-16/h4-15,23,30H,3H2,1-2H3/b24-22+/t23-/m0/s1. The molecule has 1 saturated heterocycles. The van der Waals surface area contributed by atoms with E-state index in [1.807, 2.05) is 0 Å². The predicted octanol–water partition coefficient (Wildman–Crippen LogP) is 4.64. The second-order valence-corrected chi connectivity index (χ2v) is 7.69. The zero-order valence-corrected chi connectivity index (χ0v) is 19.0. The highest BCUT2D eigenvalue weighted by atomic mass is 19.1. The van der Waals surface area contributed by atoms with Gasteiger partial charge in [-0.25, -0.2) is 9.18 Å². The summed E-state index contributed by atoms with van der Waals surface area (Å²) in [6, 6.07) is 16.6. The van der Waals surface area contributed by atoms with Gasteiger partial charge in [0, 0.05) is 16.8 Å². The minimum atomic E-state index is -1.23. The van der Waals surface area contributed by atoms with Crippen molar-refractivity contribution < 1.29 is 33.4 Å². The summed E-state index contributed by atoms with van der Waals surface area (Å²) < 4.78 is 25.1. The van der Waals surface area contributed by atoms with Gasteiger partial charge in [-0.2, -0.15) is 0 Å². The monoisotopic (exact) mass is 475 g/mol. The number of hydrogen-bond acceptors (Lipinski definition) is 6. The van der Waals surface area contributed by atoms with E-state index >= 15 is 0 Å². The molecule has 1 atom stereocenters. The molecule has 3 aromatic rings. The van der Waals surface area contributed by atoms with Crippen LogP contribution in [0.5, 0.6) is 5.75 Å². The van der Waals surface area contributed by atoms with Crippen LogP contribution in [-0.4, -0.2) is 36.5 Å². The number of amides is 1. The normalized spacial score (nSPS) is 16.9. The maximum atomic E-state index is 14.9. The Morgan fingerprint density at radius 1 is 0.971 bits per heavy atom. The number of aliphatic hydroxyl groups is 1. The van der Waals surface area contributed by atoms with E-state index in [9.17, 15) is 23.9 Å². The number of ether oxygens (including phenoxy) is 2. The van der Waals surface area contributed by atoms with Crippen LogP contribution < -0.4 is 9.64 Å². The van der Waals surface area contributed by atoms with E-state index in [1.54, 1.807) is 25.1 Å². The third kappa shape index (κ3) is 4.38. The summed E-state index contributed by atoms with van der Waals surface area (Å²) in [5, 5.41) is 11.1. The van der Waals surface area contributed by atoms with Crippen LogP contribution in [0.25, 0.3) is 5.76 Å². The summed E-state index contributed by atoms with van der Waals surface area (Å²) in [5.74, 6) is -2.98. The lowest BCUT2D eigenvalue weighted by Crippen LogP contribution is -2.29. The number of aliphatic hydroxyl groups excluding tert-OH is 1. The van der Waals surface area contributed by atoms with Gasteiger partial charge in [0.1, 0.15) is 17.3 Å². The maximum absolute atomic E-state index is 14.9. The number of hydrogen-bond donors (Lipinski definition) is 1. The summed E-state index contributed by atoms with van der Waals surface area (Å²) in [4.78, 5) is 39.4. The third-order valence-electron chi connectivity index (χ3n) is 5.66. The lowest BCUT2D eigenvalue weighted by atomic mass is 9.94. The first-order chi connectivity index (χ1) is 16.9. The topological polar surface area (TPSA) is 93.1 Å². The highest BCUT2D eigenvalue weighted by Crippen LogP contribution is 2.43. The molecule has 3 aromatic carbocycles. The van der Waals surface area contributed by atoms with Gasteiger partial charge in [-0.1, -0.05) is 18.2 Å². The Hall–Kier alpha value is -4.46. The fourth-order valence-corrected chi connectivity index (χ4v) is 3.97. The lowest BCUT2D eigenvalue weighted by Gasteiger charge is -2.26. The number of ketones is 1. The zero-order chi connectivity index (χ0) is 25.1. The average molecular weight is 475 g/mol. The van der Waals surface area contributed by atoms with Crippen LogP contribution in [0.2, 0.25) is 0 Å². The molecule has 7 nitrogen and oxygen atoms in total. The van der Waals surface area contributed by atoms with Gasteiger partial charge in [0.05, 0.1) is 30.9 Å². The van der Waals surface area contributed by atoms with E-state index in [4.69, 9.17) is 9.47 Å². The number of esters is 1. The van der Waals surface area contributed by atoms with E-state index in [-0.39, 0.29) is 34.6 Å². The first kappa shape index (κ1) is 23.7. The van der Waals surface area contributed by atoms with Gasteiger partial charge in [-0.3, -0.25) is 14.5 Å². The minimum absolute atomic E-state index is 0.0382. The molecule has 0 bridgehead atoms. The Labute approximate surface area is 201 Å². The SMILES string of the molecule is CCOC(=O)c1ccc(N2C(=O)C(=O)/C(=C(/O)c3ccc(OC)cc3)[C@@H]2c2ccccc2F)cc1. The summed E-state index contributed by atoms with van der Waals surface area (Å²) in [6.07, 6.45) is 0. The van der Waals surface area contributed by atoms with E-state index in [1.165, 1.54) is 61.7 Å². The summed E-state index contributed by atoms with van der Waals surface area (Å²) >= 11 is 0. The van der Waals surface area contributed by atoms with Crippen molar-refractivity contribution >= 4 is 29.1 Å². The van der Waals surface area contributed by atoms with Gasteiger partial charge in [-0.05, 0) is 61.5 Å². The summed E-state index contributed by atoms with van der Waals surface area (Å²) in [7, 11) is 1.49. The zero-order valence-electron chi connectivity index (χ0n) is 19.0. The number of halogens is 1. The smallest absolute Gasteiger partial charge is 0.338 e. The molecular weight excluding hydrogens is 453 g/mol. The number of benzene rings is 3. The molecule has 0 aromatic heterocycles. The average Bonchev–Trinajstić information content (AvgIpc) is 3.14. The predicted molar refractivity (Wildman–Crippen MR) is 127 cm³/mol. The summed E-state index contributed by atoms with van der Waals surface area (Å²) in [6.45, 7) is 1.89. The molecule has 0 unspecified atom stereocenters. The van der Waals surface area contributed by atoms with Crippen molar-refractivity contribution in [3.8, 4) is 5.75 Å². The molecule has 0 spiro atoms. The van der Waals surface area contributed by atoms with Gasteiger partial charge >= 0.3 is 5.97 Å². The first-order valence-corrected chi connectivity index (χ1v) is 10.8. The van der Waals surface area contributed by atoms with Crippen molar-refractivity contribution in [2.24, 2.45) is 0 Å². The molecule has 1 heterocycles. The highest BCUT2D eigenvalue weighted by Gasteiger charge is 2.47. The van der Waals surface area contributed by atoms with E-state index < -0.39 is 35.3 Å². The number of carbonyl (C=O) groups excluding carboxylic acids is 3. The molecular formula is C27H22FNO6. The van der Waals surface area contributed by atoms with Crippen molar-refractivity contribution in [1.82, 2.24) is 0 Å². The fourth-order valence-electron chi connectivity index (χ4n) is 3.97. The molecule has 1 N–H and O–H groups in total. The molecule has 35 heavy (non-hydrogen) atoms. The molecule has 0 aliphatic carbocycles. The Balaban J connectivity index is 1.86. The van der Waals surface area contributed by atoms with Crippen LogP contribution in [0.1, 0.15) is 34.5 Å². The second kappa shape index (κ2) is 9.80. The van der Waals surface area contributed by atoms with E-state index in [0.29, 0.717) is 5.75 Å². The van der Waals surface area contributed by atoms with Crippen LogP contribution in [-0.2, 0) is 14.3 Å². The van der Waals surface area contributed by atoms with Crippen molar-refractivity contribution in [1.29, 1.82) is 0 Å². The number of nitrogens with zero attached hydrogens (tertiary/aromatic N) is 1. The van der Waals surface area contributed by atoms with Crippen molar-refractivity contribution in [2.45, 2.75) is 13.0 Å². The quantitative estimate of drug-likeness (QED) is 0.242. The largest absolute Gasteiger partial charge is 0.507 e. The molecule has 4 rings (SSSR count). The van der Waals surface area contributed by atoms with Crippen molar-refractivity contribution in [3.63, 3.8) is 0 Å². The molecule has 0 saturated carbocycles. The number of methoxy groups -OCH3 is 1. The Kier molecular flexibility index (Phi) is 6.64. The molecule has 1 aliphatic heterocycles. The molecule has 1 aliphatic rings. The second-order valence-electron chi connectivity index (χ2n) is 7.69. The lowest BCUT2D eigenvalue weighted by molar-refractivity contribution is -0.132. The molecule has 1 fully saturated rings. The highest BCUT2D eigenvalue weighted by molar-refractivity contribution is 6.51. The molecule has 8 heteroatoms. The van der Waals surface area contributed by atoms with Crippen LogP contribution >= 0.6 is 0 Å².